The second kappa shape index (κ2) is 5.65. The van der Waals surface area contributed by atoms with Crippen molar-refractivity contribution in [1.82, 2.24) is 4.98 Å². The van der Waals surface area contributed by atoms with Crippen LogP contribution in [0.4, 0.5) is 5.69 Å². The number of amides is 1. The summed E-state index contributed by atoms with van der Waals surface area (Å²) in [4.78, 5) is 14.6. The Morgan fingerprint density at radius 1 is 1.09 bits per heavy atom. The first-order chi connectivity index (χ1) is 10.5. The molecule has 0 aliphatic carbocycles. The number of benzene rings is 2. The summed E-state index contributed by atoms with van der Waals surface area (Å²) < 4.78 is 21.9. The molecule has 0 aliphatic heterocycles. The lowest BCUT2D eigenvalue weighted by Gasteiger charge is -2.04. The van der Waals surface area contributed by atoms with Crippen molar-refractivity contribution in [3.8, 4) is 11.1 Å². The molecule has 1 aromatic heterocycles. The summed E-state index contributed by atoms with van der Waals surface area (Å²) in [7, 11) is -2.57. The van der Waals surface area contributed by atoms with Crippen molar-refractivity contribution in [3.63, 3.8) is 0 Å². The number of hydrogen-bond acceptors (Lipinski definition) is 3. The molecule has 1 amide bonds. The van der Waals surface area contributed by atoms with Crippen LogP contribution in [0.3, 0.4) is 0 Å². The lowest BCUT2D eigenvalue weighted by Crippen LogP contribution is -2.05. The van der Waals surface area contributed by atoms with Gasteiger partial charge in [0.15, 0.2) is 10.7 Å². The van der Waals surface area contributed by atoms with Gasteiger partial charge in [0.1, 0.15) is 0 Å². The third-order valence-electron chi connectivity index (χ3n) is 3.39. The number of aromatic nitrogens is 1. The number of hydrogen-bond donors (Lipinski definition) is 3. The fraction of sp³-hybridized carbons (Fsp3) is 0.0625. The molecule has 0 atom stereocenters. The van der Waals surface area contributed by atoms with E-state index in [2.05, 4.69) is 10.3 Å². The average molecular weight is 314 g/mol. The summed E-state index contributed by atoms with van der Waals surface area (Å²) in [6.45, 7) is 1.46. The van der Waals surface area contributed by atoms with Crippen molar-refractivity contribution in [1.29, 1.82) is 0 Å². The van der Waals surface area contributed by atoms with E-state index in [0.29, 0.717) is 0 Å². The van der Waals surface area contributed by atoms with Gasteiger partial charge in [0.2, 0.25) is 5.91 Å². The fourth-order valence-corrected chi connectivity index (χ4v) is 2.80. The molecular formula is C16H14N2O3S. The van der Waals surface area contributed by atoms with E-state index >= 15 is 0 Å². The topological polar surface area (TPSA) is 79.0 Å². The molecule has 6 heteroatoms. The predicted octanol–water partition coefficient (Wildman–Crippen LogP) is 2.76. The second-order valence-electron chi connectivity index (χ2n) is 4.95. The van der Waals surface area contributed by atoms with Crippen LogP contribution in [0.2, 0.25) is 0 Å². The van der Waals surface area contributed by atoms with Crippen molar-refractivity contribution in [2.75, 3.05) is 5.32 Å². The molecule has 3 rings (SSSR count). The Bertz CT molecular complexity index is 916. The minimum absolute atomic E-state index is 0.125. The zero-order valence-electron chi connectivity index (χ0n) is 11.8. The first-order valence-electron chi connectivity index (χ1n) is 6.68. The quantitative estimate of drug-likeness (QED) is 0.650. The number of H-pyrrole nitrogens is 1. The highest BCUT2D eigenvalue weighted by Gasteiger charge is 2.08. The Hall–Kier alpha value is -2.60. The summed E-state index contributed by atoms with van der Waals surface area (Å²) in [5.41, 5.74) is 3.53. The first kappa shape index (κ1) is 14.3. The minimum atomic E-state index is -2.57. The van der Waals surface area contributed by atoms with Crippen LogP contribution in [0, 0.1) is 0 Å². The molecule has 1 heterocycles. The molecule has 2 aromatic carbocycles. The van der Waals surface area contributed by atoms with Crippen LogP contribution in [-0.2, 0) is 15.5 Å². The molecule has 0 saturated carbocycles. The highest BCUT2D eigenvalue weighted by atomic mass is 32.2. The Labute approximate surface area is 128 Å². The molecule has 2 N–H and O–H groups in total. The van der Waals surface area contributed by atoms with E-state index in [0.717, 1.165) is 27.7 Å². The predicted molar refractivity (Wildman–Crippen MR) is 86.6 cm³/mol. The number of carbonyl (C=O) groups is 1. The Kier molecular flexibility index (Phi) is 3.68. The SMILES string of the molecule is CC(=O)Nc1ccc2[nH]cc(-c3ccc([SH](=O)=O)cc3)c2c1. The third-order valence-corrected chi connectivity index (χ3v) is 4.11. The molecular weight excluding hydrogens is 300 g/mol. The Morgan fingerprint density at radius 2 is 1.82 bits per heavy atom. The van der Waals surface area contributed by atoms with Gasteiger partial charge in [-0.25, -0.2) is 8.42 Å². The van der Waals surface area contributed by atoms with Crippen LogP contribution in [-0.4, -0.2) is 19.3 Å². The molecule has 0 radical (unpaired) electrons. The van der Waals surface area contributed by atoms with Gasteiger partial charge in [-0.15, -0.1) is 0 Å². The van der Waals surface area contributed by atoms with Crippen molar-refractivity contribution in [3.05, 3.63) is 48.7 Å². The summed E-state index contributed by atoms with van der Waals surface area (Å²) in [6.07, 6.45) is 1.87. The summed E-state index contributed by atoms with van der Waals surface area (Å²) >= 11 is 0. The van der Waals surface area contributed by atoms with Gasteiger partial charge in [-0.3, -0.25) is 4.79 Å². The van der Waals surface area contributed by atoms with E-state index in [1.54, 1.807) is 24.3 Å². The van der Waals surface area contributed by atoms with E-state index in [1.165, 1.54) is 6.92 Å². The van der Waals surface area contributed by atoms with E-state index < -0.39 is 10.7 Å². The minimum Gasteiger partial charge on any atom is -0.361 e. The highest BCUT2D eigenvalue weighted by molar-refractivity contribution is 7.72. The fourth-order valence-electron chi connectivity index (χ4n) is 2.40. The van der Waals surface area contributed by atoms with Crippen LogP contribution in [0.15, 0.2) is 53.6 Å². The van der Waals surface area contributed by atoms with Crippen LogP contribution in [0.1, 0.15) is 6.92 Å². The lowest BCUT2D eigenvalue weighted by atomic mass is 10.0. The maximum Gasteiger partial charge on any atom is 0.221 e. The average Bonchev–Trinajstić information content (AvgIpc) is 2.90. The smallest absolute Gasteiger partial charge is 0.221 e. The van der Waals surface area contributed by atoms with Crippen LogP contribution in [0.5, 0.6) is 0 Å². The first-order valence-corrected chi connectivity index (χ1v) is 7.86. The number of aromatic amines is 1. The maximum atomic E-state index is 11.2. The number of nitrogens with one attached hydrogen (secondary N) is 2. The van der Waals surface area contributed by atoms with Gasteiger partial charge in [0.05, 0.1) is 4.90 Å². The molecule has 22 heavy (non-hydrogen) atoms. The standard InChI is InChI=1S/C16H14N2O3S/c1-10(19)18-12-4-7-16-14(8-12)15(9-17-16)11-2-5-13(6-3-11)22(20)21/h2-9,17,22H,1H3,(H,18,19). The molecule has 0 spiro atoms. The van der Waals surface area contributed by atoms with Gasteiger partial charge in [-0.05, 0) is 35.9 Å². The van der Waals surface area contributed by atoms with Gasteiger partial charge < -0.3 is 10.3 Å². The van der Waals surface area contributed by atoms with Crippen LogP contribution in [0.25, 0.3) is 22.0 Å². The summed E-state index contributed by atoms with van der Waals surface area (Å²) in [6, 6.07) is 12.3. The number of rotatable bonds is 3. The third kappa shape index (κ3) is 2.73. The van der Waals surface area contributed by atoms with Gasteiger partial charge in [0, 0.05) is 35.3 Å². The molecule has 5 nitrogen and oxygen atoms in total. The monoisotopic (exact) mass is 314 g/mol. The molecule has 0 saturated heterocycles. The molecule has 0 unspecified atom stereocenters. The van der Waals surface area contributed by atoms with Gasteiger partial charge in [-0.2, -0.15) is 0 Å². The van der Waals surface area contributed by atoms with Gasteiger partial charge in [0.25, 0.3) is 0 Å². The van der Waals surface area contributed by atoms with Crippen molar-refractivity contribution >= 4 is 33.2 Å². The Morgan fingerprint density at radius 3 is 2.45 bits per heavy atom. The molecule has 3 aromatic rings. The zero-order chi connectivity index (χ0) is 15.7. The summed E-state index contributed by atoms with van der Waals surface area (Å²) in [5, 5.41) is 3.72. The molecule has 0 fully saturated rings. The number of thiol groups is 1. The molecule has 112 valence electrons. The highest BCUT2D eigenvalue weighted by Crippen LogP contribution is 2.30. The lowest BCUT2D eigenvalue weighted by molar-refractivity contribution is -0.114. The van der Waals surface area contributed by atoms with E-state index in [-0.39, 0.29) is 10.8 Å². The Balaban J connectivity index is 2.07. The largest absolute Gasteiger partial charge is 0.361 e. The van der Waals surface area contributed by atoms with E-state index in [1.807, 2.05) is 24.4 Å². The molecule has 0 bridgehead atoms. The van der Waals surface area contributed by atoms with Crippen LogP contribution >= 0.6 is 0 Å². The van der Waals surface area contributed by atoms with Crippen LogP contribution < -0.4 is 5.32 Å². The summed E-state index contributed by atoms with van der Waals surface area (Å²) in [5.74, 6) is -0.125. The van der Waals surface area contributed by atoms with E-state index in [4.69, 9.17) is 0 Å². The number of fused-ring (bicyclic) bond motifs is 1. The number of carbonyl (C=O) groups excluding carboxylic acids is 1. The molecule has 0 aliphatic rings. The van der Waals surface area contributed by atoms with Crippen molar-refractivity contribution in [2.45, 2.75) is 11.8 Å². The zero-order valence-corrected chi connectivity index (χ0v) is 12.7. The number of anilines is 1. The normalized spacial score (nSPS) is 11.0. The maximum absolute atomic E-state index is 11.2. The van der Waals surface area contributed by atoms with Crippen molar-refractivity contribution < 1.29 is 13.2 Å². The van der Waals surface area contributed by atoms with Crippen molar-refractivity contribution in [2.24, 2.45) is 0 Å². The second-order valence-corrected chi connectivity index (χ2v) is 5.98. The van der Waals surface area contributed by atoms with Gasteiger partial charge in [-0.1, -0.05) is 12.1 Å². The van der Waals surface area contributed by atoms with Gasteiger partial charge >= 0.3 is 0 Å². The van der Waals surface area contributed by atoms with E-state index in [9.17, 15) is 13.2 Å².